The number of fused-ring (bicyclic) bond motifs is 3. The van der Waals surface area contributed by atoms with Crippen molar-refractivity contribution in [3.05, 3.63) is 75.1 Å². The molecule has 0 radical (unpaired) electrons. The number of carbonyl (C=O) groups excluding carboxylic acids is 1. The molecule has 7 heteroatoms. The molecule has 0 spiro atoms. The lowest BCUT2D eigenvalue weighted by atomic mass is 10.2. The Morgan fingerprint density at radius 3 is 2.75 bits per heavy atom. The predicted molar refractivity (Wildman–Crippen MR) is 113 cm³/mol. The van der Waals surface area contributed by atoms with Crippen molar-refractivity contribution in [3.63, 3.8) is 0 Å². The molecule has 1 atom stereocenters. The average molecular weight is 439 g/mol. The van der Waals surface area contributed by atoms with Crippen LogP contribution in [0.1, 0.15) is 18.5 Å². The molecule has 2 heterocycles. The third-order valence-electron chi connectivity index (χ3n) is 4.93. The number of hydrogen-bond acceptors (Lipinski definition) is 3. The summed E-state index contributed by atoms with van der Waals surface area (Å²) in [5, 5.41) is 8.78. The molecule has 142 valence electrons. The van der Waals surface area contributed by atoms with Gasteiger partial charge in [-0.15, -0.1) is 0 Å². The number of benzene rings is 2. The van der Waals surface area contributed by atoms with Crippen LogP contribution in [0.25, 0.3) is 21.8 Å². The zero-order chi connectivity index (χ0) is 19.8. The van der Waals surface area contributed by atoms with Crippen LogP contribution >= 0.6 is 15.9 Å². The summed E-state index contributed by atoms with van der Waals surface area (Å²) in [5.74, 6) is -0.151. The molecule has 0 aliphatic rings. The Morgan fingerprint density at radius 2 is 1.96 bits per heavy atom. The molecule has 28 heavy (non-hydrogen) atoms. The molecule has 0 bridgehead atoms. The fraction of sp³-hybridized carbons (Fsp3) is 0.190. The number of rotatable bonds is 4. The Balaban J connectivity index is 1.75. The van der Waals surface area contributed by atoms with E-state index in [1.807, 2.05) is 60.0 Å². The van der Waals surface area contributed by atoms with Crippen molar-refractivity contribution in [2.75, 3.05) is 0 Å². The number of carbonyl (C=O) groups is 1. The first kappa shape index (κ1) is 18.4. The second-order valence-electron chi connectivity index (χ2n) is 6.75. The molecule has 2 aromatic heterocycles. The number of para-hydroxylation sites is 1. The Hall–Kier alpha value is -2.93. The summed E-state index contributed by atoms with van der Waals surface area (Å²) in [7, 11) is 1.61. The van der Waals surface area contributed by atoms with Crippen LogP contribution in [0.5, 0.6) is 0 Å². The second-order valence-corrected chi connectivity index (χ2v) is 7.66. The van der Waals surface area contributed by atoms with E-state index in [-0.39, 0.29) is 11.5 Å². The first-order valence-corrected chi connectivity index (χ1v) is 9.74. The number of nitrogens with zero attached hydrogens (tertiary/aromatic N) is 3. The van der Waals surface area contributed by atoms with Crippen molar-refractivity contribution >= 4 is 43.6 Å². The highest BCUT2D eigenvalue weighted by Crippen LogP contribution is 2.29. The first-order chi connectivity index (χ1) is 13.5. The van der Waals surface area contributed by atoms with Crippen molar-refractivity contribution in [2.45, 2.75) is 19.5 Å². The van der Waals surface area contributed by atoms with E-state index in [1.54, 1.807) is 13.2 Å². The van der Waals surface area contributed by atoms with Crippen LogP contribution in [-0.2, 0) is 18.4 Å². The SMILES string of the molecule is CC(C(=O)NCc1cccc(Br)c1)n1c2ccccc2c2cnn(C)c(=O)c21. The Kier molecular flexibility index (Phi) is 4.77. The zero-order valence-corrected chi connectivity index (χ0v) is 17.1. The van der Waals surface area contributed by atoms with Crippen LogP contribution in [0.4, 0.5) is 0 Å². The van der Waals surface area contributed by atoms with Gasteiger partial charge in [0.2, 0.25) is 5.91 Å². The highest BCUT2D eigenvalue weighted by atomic mass is 79.9. The Labute approximate surface area is 169 Å². The Bertz CT molecular complexity index is 1260. The third-order valence-corrected chi connectivity index (χ3v) is 5.42. The van der Waals surface area contributed by atoms with Crippen LogP contribution in [-0.4, -0.2) is 20.3 Å². The normalized spacial score (nSPS) is 12.4. The number of hydrogen-bond donors (Lipinski definition) is 1. The van der Waals surface area contributed by atoms with Crippen LogP contribution in [0, 0.1) is 0 Å². The second kappa shape index (κ2) is 7.24. The summed E-state index contributed by atoms with van der Waals surface area (Å²) >= 11 is 3.44. The Morgan fingerprint density at radius 1 is 1.18 bits per heavy atom. The van der Waals surface area contributed by atoms with Crippen molar-refractivity contribution in [1.82, 2.24) is 19.7 Å². The average Bonchev–Trinajstić information content (AvgIpc) is 3.03. The quantitative estimate of drug-likeness (QED) is 0.529. The van der Waals surface area contributed by atoms with Gasteiger partial charge in [-0.2, -0.15) is 5.10 Å². The number of nitrogens with one attached hydrogen (secondary N) is 1. The summed E-state index contributed by atoms with van der Waals surface area (Å²) in [6, 6.07) is 14.9. The van der Waals surface area contributed by atoms with Crippen LogP contribution in [0.2, 0.25) is 0 Å². The third kappa shape index (κ3) is 3.11. The lowest BCUT2D eigenvalue weighted by Crippen LogP contribution is -2.32. The molecule has 0 fully saturated rings. The maximum Gasteiger partial charge on any atom is 0.291 e. The molecule has 0 aliphatic heterocycles. The van der Waals surface area contributed by atoms with Gasteiger partial charge in [-0.05, 0) is 30.7 Å². The summed E-state index contributed by atoms with van der Waals surface area (Å²) in [4.78, 5) is 25.7. The predicted octanol–water partition coefficient (Wildman–Crippen LogP) is 3.53. The van der Waals surface area contributed by atoms with Gasteiger partial charge in [-0.3, -0.25) is 9.59 Å². The van der Waals surface area contributed by atoms with Gasteiger partial charge in [-0.1, -0.05) is 46.3 Å². The summed E-state index contributed by atoms with van der Waals surface area (Å²) in [6.07, 6.45) is 1.68. The smallest absolute Gasteiger partial charge is 0.291 e. The highest BCUT2D eigenvalue weighted by molar-refractivity contribution is 9.10. The van der Waals surface area contributed by atoms with Gasteiger partial charge >= 0.3 is 0 Å². The van der Waals surface area contributed by atoms with E-state index in [9.17, 15) is 9.59 Å². The van der Waals surface area contributed by atoms with E-state index in [2.05, 4.69) is 26.3 Å². The molecular formula is C21H19BrN4O2. The first-order valence-electron chi connectivity index (χ1n) is 8.94. The van der Waals surface area contributed by atoms with Gasteiger partial charge in [0.15, 0.2) is 0 Å². The molecule has 1 N–H and O–H groups in total. The van der Waals surface area contributed by atoms with Crippen molar-refractivity contribution in [1.29, 1.82) is 0 Å². The maximum absolute atomic E-state index is 12.9. The van der Waals surface area contributed by atoms with E-state index in [0.717, 1.165) is 26.3 Å². The fourth-order valence-corrected chi connectivity index (χ4v) is 3.94. The minimum absolute atomic E-state index is 0.151. The van der Waals surface area contributed by atoms with E-state index < -0.39 is 6.04 Å². The van der Waals surface area contributed by atoms with E-state index in [4.69, 9.17) is 0 Å². The summed E-state index contributed by atoms with van der Waals surface area (Å²) < 4.78 is 4.07. The lowest BCUT2D eigenvalue weighted by Gasteiger charge is -2.16. The number of aryl methyl sites for hydroxylation is 1. The molecule has 2 aromatic carbocycles. The molecule has 1 amide bonds. The molecule has 4 aromatic rings. The van der Waals surface area contributed by atoms with Crippen LogP contribution < -0.4 is 10.9 Å². The van der Waals surface area contributed by atoms with E-state index >= 15 is 0 Å². The van der Waals surface area contributed by atoms with Crippen molar-refractivity contribution in [2.24, 2.45) is 7.05 Å². The van der Waals surface area contributed by atoms with Gasteiger partial charge in [0, 0.05) is 28.8 Å². The monoisotopic (exact) mass is 438 g/mol. The van der Waals surface area contributed by atoms with Crippen molar-refractivity contribution < 1.29 is 4.79 Å². The minimum atomic E-state index is -0.551. The van der Waals surface area contributed by atoms with E-state index in [0.29, 0.717) is 12.1 Å². The lowest BCUT2D eigenvalue weighted by molar-refractivity contribution is -0.123. The number of halogens is 1. The number of amides is 1. The van der Waals surface area contributed by atoms with Crippen LogP contribution in [0.3, 0.4) is 0 Å². The number of aromatic nitrogens is 3. The molecule has 0 saturated carbocycles. The van der Waals surface area contributed by atoms with Gasteiger partial charge in [-0.25, -0.2) is 4.68 Å². The molecular weight excluding hydrogens is 420 g/mol. The largest absolute Gasteiger partial charge is 0.350 e. The minimum Gasteiger partial charge on any atom is -0.350 e. The topological polar surface area (TPSA) is 68.9 Å². The van der Waals surface area contributed by atoms with Crippen molar-refractivity contribution in [3.8, 4) is 0 Å². The molecule has 1 unspecified atom stereocenters. The highest BCUT2D eigenvalue weighted by Gasteiger charge is 2.23. The summed E-state index contributed by atoms with van der Waals surface area (Å²) in [5.41, 5.74) is 2.11. The zero-order valence-electron chi connectivity index (χ0n) is 15.5. The van der Waals surface area contributed by atoms with Gasteiger partial charge in [0.1, 0.15) is 11.6 Å². The standard InChI is InChI=1S/C21H19BrN4O2/c1-13(20(27)23-11-14-6-5-7-15(22)10-14)26-18-9-4-3-8-16(18)17-12-24-25(2)21(28)19(17)26/h3-10,12-13H,11H2,1-2H3,(H,23,27). The maximum atomic E-state index is 12.9. The summed E-state index contributed by atoms with van der Waals surface area (Å²) in [6.45, 7) is 2.22. The molecule has 0 aliphatic carbocycles. The van der Waals surface area contributed by atoms with Gasteiger partial charge < -0.3 is 9.88 Å². The van der Waals surface area contributed by atoms with Crippen LogP contribution in [0.15, 0.2) is 64.0 Å². The van der Waals surface area contributed by atoms with E-state index in [1.165, 1.54) is 4.68 Å². The van der Waals surface area contributed by atoms with Gasteiger partial charge in [0.25, 0.3) is 5.56 Å². The molecule has 0 saturated heterocycles. The molecule has 6 nitrogen and oxygen atoms in total. The van der Waals surface area contributed by atoms with Gasteiger partial charge in [0.05, 0.1) is 11.7 Å². The molecule has 4 rings (SSSR count). The fourth-order valence-electron chi connectivity index (χ4n) is 3.49.